The van der Waals surface area contributed by atoms with E-state index in [-0.39, 0.29) is 6.04 Å². The van der Waals surface area contributed by atoms with Crippen LogP contribution in [0.2, 0.25) is 0 Å². The van der Waals surface area contributed by atoms with Crippen molar-refractivity contribution in [1.82, 2.24) is 10.3 Å². The molecule has 0 saturated heterocycles. The van der Waals surface area contributed by atoms with Gasteiger partial charge in [-0.15, -0.1) is 11.3 Å². The lowest BCUT2D eigenvalue weighted by Gasteiger charge is -2.12. The molecule has 0 aromatic carbocycles. The number of rotatable bonds is 5. The molecule has 0 bridgehead atoms. The predicted octanol–water partition coefficient (Wildman–Crippen LogP) is 3.00. The van der Waals surface area contributed by atoms with Crippen molar-refractivity contribution >= 4 is 17.3 Å². The average Bonchev–Trinajstić information content (AvgIpc) is 2.79. The number of aromatic carboxylic acids is 1. The fourth-order valence-corrected chi connectivity index (χ4v) is 2.68. The maximum absolute atomic E-state index is 10.9. The highest BCUT2D eigenvalue weighted by Crippen LogP contribution is 2.22. The Labute approximate surface area is 116 Å². The number of nitrogens with zero attached hydrogens (tertiary/aromatic N) is 1. The summed E-state index contributed by atoms with van der Waals surface area (Å²) in [4.78, 5) is 16.6. The minimum atomic E-state index is -0.864. The molecule has 1 unspecified atom stereocenters. The Morgan fingerprint density at radius 2 is 2.32 bits per heavy atom. The second-order valence-corrected chi connectivity index (χ2v) is 5.61. The van der Waals surface area contributed by atoms with Crippen LogP contribution in [0.1, 0.15) is 38.8 Å². The number of hydrogen-bond donors (Lipinski definition) is 2. The summed E-state index contributed by atoms with van der Waals surface area (Å²) in [5, 5.41) is 12.3. The third-order valence-electron chi connectivity index (χ3n) is 2.96. The molecule has 19 heavy (non-hydrogen) atoms. The molecule has 100 valence electrons. The van der Waals surface area contributed by atoms with Gasteiger partial charge in [0.15, 0.2) is 0 Å². The molecule has 0 spiro atoms. The summed E-state index contributed by atoms with van der Waals surface area (Å²) in [7, 11) is 0. The van der Waals surface area contributed by atoms with Crippen LogP contribution in [0, 0.1) is 6.92 Å². The van der Waals surface area contributed by atoms with E-state index in [1.54, 1.807) is 12.3 Å². The van der Waals surface area contributed by atoms with Gasteiger partial charge in [-0.3, -0.25) is 4.98 Å². The van der Waals surface area contributed by atoms with Crippen LogP contribution in [-0.4, -0.2) is 16.1 Å². The van der Waals surface area contributed by atoms with E-state index >= 15 is 0 Å². The molecule has 0 amide bonds. The quantitative estimate of drug-likeness (QED) is 0.881. The van der Waals surface area contributed by atoms with Gasteiger partial charge in [0.1, 0.15) is 4.88 Å². The summed E-state index contributed by atoms with van der Waals surface area (Å²) in [6.45, 7) is 4.63. The number of carboxylic acid groups (broad SMARTS) is 1. The van der Waals surface area contributed by atoms with E-state index in [0.717, 1.165) is 16.1 Å². The van der Waals surface area contributed by atoms with Gasteiger partial charge in [0.2, 0.25) is 0 Å². The Morgan fingerprint density at radius 1 is 1.53 bits per heavy atom. The normalized spacial score (nSPS) is 12.3. The minimum absolute atomic E-state index is 0.133. The number of carboxylic acids is 1. The van der Waals surface area contributed by atoms with Crippen LogP contribution in [-0.2, 0) is 6.54 Å². The largest absolute Gasteiger partial charge is 0.477 e. The summed E-state index contributed by atoms with van der Waals surface area (Å²) in [5.41, 5.74) is 2.01. The molecule has 0 aliphatic rings. The zero-order chi connectivity index (χ0) is 13.8. The van der Waals surface area contributed by atoms with Crippen LogP contribution in [0.15, 0.2) is 30.5 Å². The second-order valence-electron chi connectivity index (χ2n) is 4.35. The van der Waals surface area contributed by atoms with Crippen molar-refractivity contribution in [3.63, 3.8) is 0 Å². The Balaban J connectivity index is 2.01. The van der Waals surface area contributed by atoms with E-state index in [4.69, 9.17) is 5.11 Å². The summed E-state index contributed by atoms with van der Waals surface area (Å²) < 4.78 is 0. The molecule has 0 saturated carbocycles. The zero-order valence-electron chi connectivity index (χ0n) is 10.9. The highest BCUT2D eigenvalue weighted by molar-refractivity contribution is 7.14. The summed E-state index contributed by atoms with van der Waals surface area (Å²) >= 11 is 1.31. The number of aromatic nitrogens is 1. The molecule has 2 N–H and O–H groups in total. The molecule has 2 rings (SSSR count). The monoisotopic (exact) mass is 276 g/mol. The van der Waals surface area contributed by atoms with Crippen molar-refractivity contribution in [2.24, 2.45) is 0 Å². The van der Waals surface area contributed by atoms with Crippen molar-refractivity contribution in [3.05, 3.63) is 51.5 Å². The topological polar surface area (TPSA) is 62.2 Å². The zero-order valence-corrected chi connectivity index (χ0v) is 11.7. The first-order valence-corrected chi connectivity index (χ1v) is 6.86. The second kappa shape index (κ2) is 5.95. The van der Waals surface area contributed by atoms with Gasteiger partial charge in [0.05, 0.1) is 5.69 Å². The third-order valence-corrected chi connectivity index (χ3v) is 4.04. The Hall–Kier alpha value is -1.72. The molecule has 0 radical (unpaired) electrons. The van der Waals surface area contributed by atoms with Gasteiger partial charge in [0, 0.05) is 23.7 Å². The maximum Gasteiger partial charge on any atom is 0.345 e. The lowest BCUT2D eigenvalue weighted by atomic mass is 10.2. The smallest absolute Gasteiger partial charge is 0.345 e. The standard InChI is InChI=1S/C14H16N2O2S/c1-9(12-5-3-4-6-15-12)16-8-11-7-13(14(17)18)19-10(11)2/h3-7,9,16H,8H2,1-2H3,(H,17,18). The number of hydrogen-bond acceptors (Lipinski definition) is 4. The molecular formula is C14H16N2O2S. The van der Waals surface area contributed by atoms with Gasteiger partial charge in [-0.1, -0.05) is 6.07 Å². The van der Waals surface area contributed by atoms with E-state index in [1.807, 2.05) is 32.0 Å². The van der Waals surface area contributed by atoms with Crippen LogP contribution in [0.25, 0.3) is 0 Å². The van der Waals surface area contributed by atoms with E-state index in [2.05, 4.69) is 10.3 Å². The first kappa shape index (κ1) is 13.7. The molecule has 2 heterocycles. The number of thiophene rings is 1. The highest BCUT2D eigenvalue weighted by Gasteiger charge is 2.12. The number of carbonyl (C=O) groups is 1. The van der Waals surface area contributed by atoms with Crippen LogP contribution < -0.4 is 5.32 Å². The predicted molar refractivity (Wildman–Crippen MR) is 75.5 cm³/mol. The maximum atomic E-state index is 10.9. The third kappa shape index (κ3) is 3.39. The Bertz CT molecular complexity index is 566. The van der Waals surface area contributed by atoms with Crippen LogP contribution in [0.3, 0.4) is 0 Å². The Morgan fingerprint density at radius 3 is 2.89 bits per heavy atom. The molecule has 5 heteroatoms. The minimum Gasteiger partial charge on any atom is -0.477 e. The van der Waals surface area contributed by atoms with Crippen molar-refractivity contribution in [3.8, 4) is 0 Å². The van der Waals surface area contributed by atoms with Crippen LogP contribution in [0.4, 0.5) is 0 Å². The fraction of sp³-hybridized carbons (Fsp3) is 0.286. The summed E-state index contributed by atoms with van der Waals surface area (Å²) in [5.74, 6) is -0.864. The molecule has 0 aliphatic heterocycles. The molecule has 0 fully saturated rings. The number of pyridine rings is 1. The molecule has 4 nitrogen and oxygen atoms in total. The highest BCUT2D eigenvalue weighted by atomic mass is 32.1. The molecule has 1 atom stereocenters. The van der Waals surface area contributed by atoms with Gasteiger partial charge in [-0.05, 0) is 37.6 Å². The van der Waals surface area contributed by atoms with Gasteiger partial charge < -0.3 is 10.4 Å². The molecule has 2 aromatic heterocycles. The number of aryl methyl sites for hydroxylation is 1. The van der Waals surface area contributed by atoms with Gasteiger partial charge in [0.25, 0.3) is 0 Å². The van der Waals surface area contributed by atoms with Crippen molar-refractivity contribution in [2.75, 3.05) is 0 Å². The average molecular weight is 276 g/mol. The number of nitrogens with one attached hydrogen (secondary N) is 1. The van der Waals surface area contributed by atoms with Gasteiger partial charge in [-0.25, -0.2) is 4.79 Å². The van der Waals surface area contributed by atoms with E-state index < -0.39 is 5.97 Å². The van der Waals surface area contributed by atoms with Crippen LogP contribution in [0.5, 0.6) is 0 Å². The first-order chi connectivity index (χ1) is 9.08. The lowest BCUT2D eigenvalue weighted by Crippen LogP contribution is -2.19. The fourth-order valence-electron chi connectivity index (χ4n) is 1.80. The summed E-state index contributed by atoms with van der Waals surface area (Å²) in [6.07, 6.45) is 1.77. The van der Waals surface area contributed by atoms with Gasteiger partial charge >= 0.3 is 5.97 Å². The SMILES string of the molecule is Cc1sc(C(=O)O)cc1CNC(C)c1ccccn1. The van der Waals surface area contributed by atoms with Crippen molar-refractivity contribution in [2.45, 2.75) is 26.4 Å². The molecular weight excluding hydrogens is 260 g/mol. The molecule has 0 aliphatic carbocycles. The van der Waals surface area contributed by atoms with E-state index in [1.165, 1.54) is 11.3 Å². The first-order valence-electron chi connectivity index (χ1n) is 6.05. The lowest BCUT2D eigenvalue weighted by molar-refractivity contribution is 0.0702. The Kier molecular flexibility index (Phi) is 4.29. The van der Waals surface area contributed by atoms with E-state index in [0.29, 0.717) is 11.4 Å². The van der Waals surface area contributed by atoms with E-state index in [9.17, 15) is 4.79 Å². The van der Waals surface area contributed by atoms with Crippen molar-refractivity contribution < 1.29 is 9.90 Å². The van der Waals surface area contributed by atoms with Crippen LogP contribution >= 0.6 is 11.3 Å². The molecule has 2 aromatic rings. The summed E-state index contributed by atoms with van der Waals surface area (Å²) in [6, 6.07) is 7.69. The van der Waals surface area contributed by atoms with Crippen molar-refractivity contribution in [1.29, 1.82) is 0 Å². The van der Waals surface area contributed by atoms with Gasteiger partial charge in [-0.2, -0.15) is 0 Å².